The third-order valence-electron chi connectivity index (χ3n) is 6.59. The molecule has 0 bridgehead atoms. The summed E-state index contributed by atoms with van der Waals surface area (Å²) in [7, 11) is 2.23. The van der Waals surface area contributed by atoms with Crippen LogP contribution in [0, 0.1) is 0 Å². The van der Waals surface area contributed by atoms with Crippen LogP contribution in [0.2, 0.25) is 0 Å². The largest absolute Gasteiger partial charge is 0.368 e. The average molecular weight is 345 g/mol. The highest BCUT2D eigenvalue weighted by Crippen LogP contribution is 2.37. The lowest BCUT2D eigenvalue weighted by atomic mass is 9.78. The second kappa shape index (κ2) is 7.17. The minimum atomic E-state index is 0.311. The summed E-state index contributed by atoms with van der Waals surface area (Å²) in [5, 5.41) is 3.65. The molecule has 0 unspecified atom stereocenters. The maximum absolute atomic E-state index is 5.93. The molecule has 3 N–H and O–H groups in total. The monoisotopic (exact) mass is 344 g/mol. The fraction of sp³-hybridized carbons (Fsp3) is 0.789. The molecule has 25 heavy (non-hydrogen) atoms. The molecule has 0 amide bonds. The molecular weight excluding hydrogens is 312 g/mol. The number of nitrogens with one attached hydrogen (secondary N) is 1. The normalized spacial score (nSPS) is 30.2. The number of likely N-dealkylation sites (N-methyl/N-ethyl adjacent to an activating group) is 1. The van der Waals surface area contributed by atoms with E-state index in [1.807, 2.05) is 0 Å². The van der Waals surface area contributed by atoms with E-state index in [0.717, 1.165) is 30.9 Å². The van der Waals surface area contributed by atoms with Gasteiger partial charge in [-0.25, -0.2) is 9.97 Å². The van der Waals surface area contributed by atoms with Gasteiger partial charge in [-0.1, -0.05) is 12.8 Å². The predicted octanol–water partition coefficient (Wildman–Crippen LogP) is 1.65. The standard InChI is InChI=1S/C19H32N6/c1-24-6-8-25(9-7-24)19(4-2-3-5-19)13-21-18-12-17(22-14-23-18)15-10-16(20)11-15/h12,14-16H,2-11,13,20H2,1H3,(H,21,22,23). The van der Waals surface area contributed by atoms with E-state index < -0.39 is 0 Å². The smallest absolute Gasteiger partial charge is 0.129 e. The predicted molar refractivity (Wildman–Crippen MR) is 101 cm³/mol. The van der Waals surface area contributed by atoms with Crippen molar-refractivity contribution in [3.8, 4) is 0 Å². The van der Waals surface area contributed by atoms with Crippen molar-refractivity contribution < 1.29 is 0 Å². The fourth-order valence-electron chi connectivity index (χ4n) is 4.77. The third kappa shape index (κ3) is 3.66. The van der Waals surface area contributed by atoms with E-state index in [1.54, 1.807) is 6.33 Å². The third-order valence-corrected chi connectivity index (χ3v) is 6.59. The Morgan fingerprint density at radius 1 is 1.16 bits per heavy atom. The molecule has 2 aliphatic carbocycles. The number of rotatable bonds is 5. The summed E-state index contributed by atoms with van der Waals surface area (Å²) in [5.74, 6) is 1.50. The maximum Gasteiger partial charge on any atom is 0.129 e. The van der Waals surface area contributed by atoms with Gasteiger partial charge in [0.25, 0.3) is 0 Å². The van der Waals surface area contributed by atoms with E-state index in [9.17, 15) is 0 Å². The van der Waals surface area contributed by atoms with Crippen molar-refractivity contribution >= 4 is 5.82 Å². The molecule has 1 aromatic rings. The zero-order valence-corrected chi connectivity index (χ0v) is 15.5. The van der Waals surface area contributed by atoms with Crippen LogP contribution in [0.1, 0.15) is 50.1 Å². The Kier molecular flexibility index (Phi) is 4.93. The van der Waals surface area contributed by atoms with Gasteiger partial charge in [0, 0.05) is 62.0 Å². The van der Waals surface area contributed by atoms with E-state index in [-0.39, 0.29) is 0 Å². The summed E-state index contributed by atoms with van der Waals surface area (Å²) in [6, 6.07) is 2.50. The van der Waals surface area contributed by atoms with Gasteiger partial charge in [0.1, 0.15) is 12.1 Å². The van der Waals surface area contributed by atoms with Gasteiger partial charge in [0.15, 0.2) is 0 Å². The summed E-state index contributed by atoms with van der Waals surface area (Å²) in [6.45, 7) is 5.74. The SMILES string of the molecule is CN1CCN(C2(CNc3cc(C4CC(N)C4)ncn3)CCCC2)CC1. The van der Waals surface area contributed by atoms with E-state index in [0.29, 0.717) is 17.5 Å². The molecular formula is C19H32N6. The van der Waals surface area contributed by atoms with Crippen LogP contribution in [0.25, 0.3) is 0 Å². The zero-order chi connectivity index (χ0) is 17.3. The molecule has 1 saturated heterocycles. The maximum atomic E-state index is 5.93. The quantitative estimate of drug-likeness (QED) is 0.846. The summed E-state index contributed by atoms with van der Waals surface area (Å²) < 4.78 is 0. The first kappa shape index (κ1) is 17.2. The van der Waals surface area contributed by atoms with Crippen LogP contribution in [0.4, 0.5) is 5.82 Å². The Bertz CT molecular complexity index is 571. The van der Waals surface area contributed by atoms with E-state index in [2.05, 4.69) is 38.2 Å². The average Bonchev–Trinajstić information content (AvgIpc) is 3.08. The van der Waals surface area contributed by atoms with Crippen molar-refractivity contribution in [2.75, 3.05) is 45.1 Å². The summed E-state index contributed by atoms with van der Waals surface area (Å²) in [5.41, 5.74) is 7.39. The molecule has 0 spiro atoms. The first-order valence-electron chi connectivity index (χ1n) is 9.90. The van der Waals surface area contributed by atoms with Crippen molar-refractivity contribution in [2.24, 2.45) is 5.73 Å². The van der Waals surface area contributed by atoms with Crippen LogP contribution in [0.3, 0.4) is 0 Å². The van der Waals surface area contributed by atoms with Crippen LogP contribution in [-0.4, -0.2) is 71.1 Å². The number of nitrogens with two attached hydrogens (primary N) is 1. The van der Waals surface area contributed by atoms with Crippen molar-refractivity contribution in [2.45, 2.75) is 56.0 Å². The second-order valence-corrected chi connectivity index (χ2v) is 8.33. The molecule has 6 nitrogen and oxygen atoms in total. The Hall–Kier alpha value is -1.24. The topological polar surface area (TPSA) is 70.3 Å². The molecule has 6 heteroatoms. The number of hydrogen-bond donors (Lipinski definition) is 2. The van der Waals surface area contributed by atoms with Gasteiger partial charge in [-0.05, 0) is 32.7 Å². The Morgan fingerprint density at radius 2 is 1.88 bits per heavy atom. The second-order valence-electron chi connectivity index (χ2n) is 8.33. The molecule has 3 aliphatic rings. The van der Waals surface area contributed by atoms with Gasteiger partial charge >= 0.3 is 0 Å². The Balaban J connectivity index is 1.41. The number of aromatic nitrogens is 2. The van der Waals surface area contributed by atoms with E-state index in [4.69, 9.17) is 5.73 Å². The number of anilines is 1. The fourth-order valence-corrected chi connectivity index (χ4v) is 4.77. The number of piperazine rings is 1. The number of hydrogen-bond acceptors (Lipinski definition) is 6. The minimum absolute atomic E-state index is 0.311. The molecule has 0 aromatic carbocycles. The molecule has 3 fully saturated rings. The Labute approximate surface area is 151 Å². The molecule has 2 saturated carbocycles. The summed E-state index contributed by atoms with van der Waals surface area (Å²) in [4.78, 5) is 14.1. The van der Waals surface area contributed by atoms with Gasteiger partial charge in [0.2, 0.25) is 0 Å². The van der Waals surface area contributed by atoms with Crippen molar-refractivity contribution in [3.63, 3.8) is 0 Å². The molecule has 4 rings (SSSR count). The number of nitrogens with zero attached hydrogens (tertiary/aromatic N) is 4. The molecule has 0 atom stereocenters. The first-order chi connectivity index (χ1) is 12.1. The van der Waals surface area contributed by atoms with Gasteiger partial charge in [0.05, 0.1) is 0 Å². The van der Waals surface area contributed by atoms with Crippen molar-refractivity contribution in [3.05, 3.63) is 18.1 Å². The Morgan fingerprint density at radius 3 is 2.56 bits per heavy atom. The van der Waals surface area contributed by atoms with E-state index >= 15 is 0 Å². The van der Waals surface area contributed by atoms with Crippen LogP contribution < -0.4 is 11.1 Å². The zero-order valence-electron chi connectivity index (χ0n) is 15.5. The van der Waals surface area contributed by atoms with Gasteiger partial charge in [-0.3, -0.25) is 4.90 Å². The lowest BCUT2D eigenvalue weighted by Crippen LogP contribution is -2.58. The highest BCUT2D eigenvalue weighted by molar-refractivity contribution is 5.37. The first-order valence-corrected chi connectivity index (χ1v) is 9.90. The van der Waals surface area contributed by atoms with Gasteiger partial charge in [-0.15, -0.1) is 0 Å². The summed E-state index contributed by atoms with van der Waals surface area (Å²) in [6.07, 6.45) is 9.13. The highest BCUT2D eigenvalue weighted by atomic mass is 15.3. The minimum Gasteiger partial charge on any atom is -0.368 e. The van der Waals surface area contributed by atoms with Crippen LogP contribution in [0.15, 0.2) is 12.4 Å². The lowest BCUT2D eigenvalue weighted by Gasteiger charge is -2.45. The van der Waals surface area contributed by atoms with Crippen LogP contribution in [-0.2, 0) is 0 Å². The van der Waals surface area contributed by atoms with Crippen molar-refractivity contribution in [1.82, 2.24) is 19.8 Å². The highest BCUT2D eigenvalue weighted by Gasteiger charge is 2.40. The van der Waals surface area contributed by atoms with Gasteiger partial charge in [-0.2, -0.15) is 0 Å². The van der Waals surface area contributed by atoms with Gasteiger partial charge < -0.3 is 16.0 Å². The summed E-state index contributed by atoms with van der Waals surface area (Å²) >= 11 is 0. The van der Waals surface area contributed by atoms with Crippen molar-refractivity contribution in [1.29, 1.82) is 0 Å². The van der Waals surface area contributed by atoms with E-state index in [1.165, 1.54) is 51.9 Å². The molecule has 1 aromatic heterocycles. The lowest BCUT2D eigenvalue weighted by molar-refractivity contribution is 0.0510. The van der Waals surface area contributed by atoms with Crippen LogP contribution >= 0.6 is 0 Å². The van der Waals surface area contributed by atoms with Crippen LogP contribution in [0.5, 0.6) is 0 Å². The molecule has 2 heterocycles. The molecule has 0 radical (unpaired) electrons. The molecule has 1 aliphatic heterocycles. The molecule has 138 valence electrons.